The van der Waals surface area contributed by atoms with Gasteiger partial charge in [0.15, 0.2) is 11.3 Å². The van der Waals surface area contributed by atoms with Crippen LogP contribution in [0.15, 0.2) is 53.1 Å². The molecule has 3 aromatic rings. The van der Waals surface area contributed by atoms with Gasteiger partial charge in [-0.25, -0.2) is 4.79 Å². The minimum absolute atomic E-state index is 0.194. The molecule has 1 heterocycles. The number of carbonyl (C=O) groups excluding carboxylic acids is 2. The molecule has 0 spiro atoms. The van der Waals surface area contributed by atoms with Crippen LogP contribution in [0.4, 0.5) is 5.69 Å². The van der Waals surface area contributed by atoms with Gasteiger partial charge in [-0.15, -0.1) is 0 Å². The van der Waals surface area contributed by atoms with Crippen LogP contribution in [0.3, 0.4) is 0 Å². The number of amides is 1. The second-order valence-electron chi connectivity index (χ2n) is 4.55. The largest absolute Gasteiger partial charge is 0.465 e. The van der Waals surface area contributed by atoms with E-state index in [1.165, 1.54) is 13.2 Å². The van der Waals surface area contributed by atoms with Crippen LogP contribution in [-0.2, 0) is 4.74 Å². The summed E-state index contributed by atoms with van der Waals surface area (Å²) < 4.78 is 9.75. The van der Waals surface area contributed by atoms with E-state index in [1.54, 1.807) is 42.5 Å². The Balaban J connectivity index is 1.87. The number of hydrogen-bond donors (Lipinski definition) is 1. The van der Waals surface area contributed by atoms with Gasteiger partial charge in [-0.1, -0.05) is 23.4 Å². The van der Waals surface area contributed by atoms with Crippen molar-refractivity contribution in [1.82, 2.24) is 5.16 Å². The highest BCUT2D eigenvalue weighted by Gasteiger charge is 2.16. The Kier molecular flexibility index (Phi) is 3.57. The van der Waals surface area contributed by atoms with E-state index >= 15 is 0 Å². The average Bonchev–Trinajstić information content (AvgIpc) is 2.98. The van der Waals surface area contributed by atoms with Crippen LogP contribution in [0.2, 0.25) is 0 Å². The van der Waals surface area contributed by atoms with Crippen LogP contribution < -0.4 is 5.32 Å². The SMILES string of the molecule is COC(=O)c1cccc(NC(=O)c2noc3ccccc23)c1. The average molecular weight is 296 g/mol. The Bertz CT molecular complexity index is 854. The smallest absolute Gasteiger partial charge is 0.337 e. The number of para-hydroxylation sites is 1. The third-order valence-electron chi connectivity index (χ3n) is 3.13. The molecule has 22 heavy (non-hydrogen) atoms. The number of fused-ring (bicyclic) bond motifs is 1. The normalized spacial score (nSPS) is 10.4. The molecule has 0 aliphatic heterocycles. The summed E-state index contributed by atoms with van der Waals surface area (Å²) in [4.78, 5) is 23.8. The van der Waals surface area contributed by atoms with Crippen LogP contribution in [0.5, 0.6) is 0 Å². The van der Waals surface area contributed by atoms with Gasteiger partial charge in [-0.2, -0.15) is 0 Å². The monoisotopic (exact) mass is 296 g/mol. The molecule has 0 unspecified atom stereocenters. The molecular weight excluding hydrogens is 284 g/mol. The summed E-state index contributed by atoms with van der Waals surface area (Å²) in [5.41, 5.74) is 1.56. The second-order valence-corrected chi connectivity index (χ2v) is 4.55. The van der Waals surface area contributed by atoms with Crippen molar-refractivity contribution in [2.75, 3.05) is 12.4 Å². The third-order valence-corrected chi connectivity index (χ3v) is 3.13. The lowest BCUT2D eigenvalue weighted by Gasteiger charge is -2.05. The maximum Gasteiger partial charge on any atom is 0.337 e. The van der Waals surface area contributed by atoms with Crippen LogP contribution in [0.1, 0.15) is 20.8 Å². The molecule has 110 valence electrons. The maximum absolute atomic E-state index is 12.3. The summed E-state index contributed by atoms with van der Waals surface area (Å²) in [5.74, 6) is -0.880. The van der Waals surface area contributed by atoms with Gasteiger partial charge in [0, 0.05) is 5.69 Å². The van der Waals surface area contributed by atoms with E-state index in [0.29, 0.717) is 22.2 Å². The summed E-state index contributed by atoms with van der Waals surface area (Å²) in [7, 11) is 1.30. The number of carbonyl (C=O) groups is 2. The number of ether oxygens (including phenoxy) is 1. The zero-order valence-corrected chi connectivity index (χ0v) is 11.7. The van der Waals surface area contributed by atoms with E-state index in [0.717, 1.165) is 0 Å². The van der Waals surface area contributed by atoms with E-state index in [4.69, 9.17) is 4.52 Å². The number of esters is 1. The molecular formula is C16H12N2O4. The number of nitrogens with zero attached hydrogens (tertiary/aromatic N) is 1. The molecule has 0 bridgehead atoms. The summed E-state index contributed by atoms with van der Waals surface area (Å²) >= 11 is 0. The Morgan fingerprint density at radius 1 is 1.14 bits per heavy atom. The lowest BCUT2D eigenvalue weighted by molar-refractivity contribution is 0.0600. The van der Waals surface area contributed by atoms with Gasteiger partial charge in [0.05, 0.1) is 18.1 Å². The molecule has 1 aromatic heterocycles. The number of nitrogens with one attached hydrogen (secondary N) is 1. The lowest BCUT2D eigenvalue weighted by atomic mass is 10.2. The Labute approximate surface area is 125 Å². The van der Waals surface area contributed by atoms with Gasteiger partial charge in [0.2, 0.25) is 0 Å². The molecule has 6 heteroatoms. The van der Waals surface area contributed by atoms with Gasteiger partial charge in [0.25, 0.3) is 5.91 Å². The predicted molar refractivity (Wildman–Crippen MR) is 79.7 cm³/mol. The van der Waals surface area contributed by atoms with Crippen molar-refractivity contribution in [3.05, 3.63) is 59.8 Å². The van der Waals surface area contributed by atoms with Crippen molar-refractivity contribution >= 4 is 28.5 Å². The van der Waals surface area contributed by atoms with E-state index in [2.05, 4.69) is 15.2 Å². The fraction of sp³-hybridized carbons (Fsp3) is 0.0625. The molecule has 1 amide bonds. The lowest BCUT2D eigenvalue weighted by Crippen LogP contribution is -2.13. The van der Waals surface area contributed by atoms with Crippen molar-refractivity contribution in [1.29, 1.82) is 0 Å². The van der Waals surface area contributed by atoms with Crippen LogP contribution >= 0.6 is 0 Å². The summed E-state index contributed by atoms with van der Waals surface area (Å²) in [5, 5.41) is 7.10. The minimum atomic E-state index is -0.469. The molecule has 0 aliphatic carbocycles. The minimum Gasteiger partial charge on any atom is -0.465 e. The molecule has 2 aromatic carbocycles. The third kappa shape index (κ3) is 2.54. The van der Waals surface area contributed by atoms with Crippen molar-refractivity contribution < 1.29 is 18.8 Å². The first-order valence-electron chi connectivity index (χ1n) is 6.53. The molecule has 0 atom stereocenters. The predicted octanol–water partition coefficient (Wildman–Crippen LogP) is 2.87. The van der Waals surface area contributed by atoms with E-state index in [-0.39, 0.29) is 5.69 Å². The number of aromatic nitrogens is 1. The fourth-order valence-electron chi connectivity index (χ4n) is 2.08. The zero-order chi connectivity index (χ0) is 15.5. The molecule has 0 saturated heterocycles. The van der Waals surface area contributed by atoms with Gasteiger partial charge in [-0.3, -0.25) is 4.79 Å². The number of benzene rings is 2. The van der Waals surface area contributed by atoms with Crippen molar-refractivity contribution in [2.45, 2.75) is 0 Å². The van der Waals surface area contributed by atoms with E-state index in [9.17, 15) is 9.59 Å². The first kappa shape index (κ1) is 13.8. The highest BCUT2D eigenvalue weighted by Crippen LogP contribution is 2.19. The maximum atomic E-state index is 12.3. The summed E-state index contributed by atoms with van der Waals surface area (Å²) in [6.45, 7) is 0. The molecule has 0 aliphatic rings. The van der Waals surface area contributed by atoms with Crippen molar-refractivity contribution in [3.8, 4) is 0 Å². The standard InChI is InChI=1S/C16H12N2O4/c1-21-16(20)10-5-4-6-11(9-10)17-15(19)14-12-7-2-3-8-13(12)22-18-14/h2-9H,1H3,(H,17,19). The second kappa shape index (κ2) is 5.69. The van der Waals surface area contributed by atoms with Crippen molar-refractivity contribution in [3.63, 3.8) is 0 Å². The first-order valence-corrected chi connectivity index (χ1v) is 6.53. The molecule has 0 fully saturated rings. The highest BCUT2D eigenvalue weighted by atomic mass is 16.5. The molecule has 6 nitrogen and oxygen atoms in total. The number of anilines is 1. The number of rotatable bonds is 3. The number of methoxy groups -OCH3 is 1. The van der Waals surface area contributed by atoms with Gasteiger partial charge < -0.3 is 14.6 Å². The van der Waals surface area contributed by atoms with Gasteiger partial charge in [-0.05, 0) is 30.3 Å². The Hall–Kier alpha value is -3.15. The topological polar surface area (TPSA) is 81.4 Å². The zero-order valence-electron chi connectivity index (χ0n) is 11.7. The van der Waals surface area contributed by atoms with Gasteiger partial charge >= 0.3 is 5.97 Å². The molecule has 1 N–H and O–H groups in total. The van der Waals surface area contributed by atoms with Crippen LogP contribution in [-0.4, -0.2) is 24.1 Å². The van der Waals surface area contributed by atoms with Crippen LogP contribution in [0, 0.1) is 0 Å². The first-order chi connectivity index (χ1) is 10.7. The highest BCUT2D eigenvalue weighted by molar-refractivity contribution is 6.10. The van der Waals surface area contributed by atoms with Gasteiger partial charge in [0.1, 0.15) is 0 Å². The van der Waals surface area contributed by atoms with Crippen molar-refractivity contribution in [2.24, 2.45) is 0 Å². The quantitative estimate of drug-likeness (QED) is 0.751. The summed E-state index contributed by atoms with van der Waals surface area (Å²) in [6.07, 6.45) is 0. The van der Waals surface area contributed by atoms with E-state index in [1.807, 2.05) is 0 Å². The van der Waals surface area contributed by atoms with Crippen LogP contribution in [0.25, 0.3) is 11.0 Å². The fourth-order valence-corrected chi connectivity index (χ4v) is 2.08. The number of hydrogen-bond acceptors (Lipinski definition) is 5. The molecule has 3 rings (SSSR count). The Morgan fingerprint density at radius 3 is 2.77 bits per heavy atom. The molecule has 0 saturated carbocycles. The summed E-state index contributed by atoms with van der Waals surface area (Å²) in [6, 6.07) is 13.6. The molecule has 0 radical (unpaired) electrons. The Morgan fingerprint density at radius 2 is 1.95 bits per heavy atom. The van der Waals surface area contributed by atoms with E-state index < -0.39 is 11.9 Å².